The number of hydrogen-bond acceptors (Lipinski definition) is 22. The van der Waals surface area contributed by atoms with Crippen molar-refractivity contribution in [3.63, 3.8) is 0 Å². The average molecular weight is 1830 g/mol. The quantitative estimate of drug-likeness (QED) is 0.0353. The zero-order chi connectivity index (χ0) is 91.5. The number of para-hydroxylation sites is 5. The standard InChI is InChI=1S/C20H20ClFN4O.2C20H22FN5O.C20H22FN5.C20H21FN4O/c21-20-19(27-12-14-6-2-1-3-7-14)18(23-13-24-20)15-10-25-26(11-15)17-9-5-4-8-16(17)22;2*21-17-3-1-2-4-18(17)26-11-15(9-25-26)20-19(10-23-13-24-20)27-12-14-5-7-16(22)8-6-14;21-17-8-4-5-9-19(17)26-13-16(11-25-26)20-18(12-22-14-24-20)23-10-15-6-2-1-3-7-15;21-17-8-4-5-9-18(17)25-12-16(10-24-25)20-19(11-22-14-23-20)26-13-15-6-2-1-3-7-15/h4-5,8-11,13-14H,1-3,6-7,12H2;2*1-4,9-11,13-14,16H,5-8,12,22H2;4-5,8-9,11-15,23H,1-3,6-7,10H2;4-5,8-12,14-15H,1-3,6-7,13H2. The monoisotopic (exact) mass is 1820 g/mol. The number of aromatic nitrogens is 20. The molecular weight excluding hydrogens is 1720 g/mol. The van der Waals surface area contributed by atoms with Crippen LogP contribution in [0.5, 0.6) is 23.0 Å². The van der Waals surface area contributed by atoms with Crippen LogP contribution in [0.4, 0.5) is 27.6 Å². The van der Waals surface area contributed by atoms with Crippen molar-refractivity contribution < 1.29 is 40.9 Å². The molecule has 0 unspecified atom stereocenters. The molecule has 5 N–H and O–H groups in total. The number of halogens is 6. The predicted octanol–water partition coefficient (Wildman–Crippen LogP) is 20.7. The number of nitrogens with zero attached hydrogens (tertiary/aromatic N) is 20. The highest BCUT2D eigenvalue weighted by atomic mass is 35.5. The van der Waals surface area contributed by atoms with Gasteiger partial charge in [-0.3, -0.25) is 0 Å². The molecular formula is C100H107ClF5N23O4. The zero-order valence-electron chi connectivity index (χ0n) is 73.9. The van der Waals surface area contributed by atoms with Crippen molar-refractivity contribution in [3.8, 4) is 108 Å². The summed E-state index contributed by atoms with van der Waals surface area (Å²) in [4.78, 5) is 42.3. The summed E-state index contributed by atoms with van der Waals surface area (Å²) in [5.41, 5.74) is 21.9. The van der Waals surface area contributed by atoms with Crippen LogP contribution in [0.3, 0.4) is 0 Å². The highest BCUT2D eigenvalue weighted by Crippen LogP contribution is 2.39. The number of nitrogens with one attached hydrogen (secondary N) is 1. The van der Waals surface area contributed by atoms with E-state index in [0.717, 1.165) is 91.5 Å². The van der Waals surface area contributed by atoms with E-state index < -0.39 is 0 Å². The van der Waals surface area contributed by atoms with Crippen LogP contribution in [0.2, 0.25) is 5.15 Å². The third-order valence-corrected chi connectivity index (χ3v) is 25.0. The van der Waals surface area contributed by atoms with E-state index in [1.807, 2.05) is 0 Å². The molecule has 0 aliphatic heterocycles. The predicted molar refractivity (Wildman–Crippen MR) is 498 cm³/mol. The van der Waals surface area contributed by atoms with E-state index in [-0.39, 0.29) is 34.2 Å². The summed E-state index contributed by atoms with van der Waals surface area (Å²) in [5, 5.41) is 25.2. The molecule has 0 amide bonds. The molecule has 10 heterocycles. The number of hydrogen-bond donors (Lipinski definition) is 3. The lowest BCUT2D eigenvalue weighted by Crippen LogP contribution is -2.28. The van der Waals surface area contributed by atoms with Gasteiger partial charge in [-0.25, -0.2) is 95.2 Å². The van der Waals surface area contributed by atoms with Gasteiger partial charge in [0.25, 0.3) is 0 Å². The number of anilines is 1. The molecule has 5 aromatic carbocycles. The first-order valence-corrected chi connectivity index (χ1v) is 46.1. The van der Waals surface area contributed by atoms with Crippen LogP contribution >= 0.6 is 11.6 Å². The summed E-state index contributed by atoms with van der Waals surface area (Å²) < 4.78 is 102. The number of benzene rings is 5. The third-order valence-electron chi connectivity index (χ3n) is 24.7. The fourth-order valence-corrected chi connectivity index (χ4v) is 17.4. The lowest BCUT2D eigenvalue weighted by atomic mass is 9.87. The normalized spacial score (nSPS) is 17.0. The first kappa shape index (κ1) is 92.7. The van der Waals surface area contributed by atoms with Crippen molar-refractivity contribution in [3.05, 3.63) is 274 Å². The minimum absolute atomic E-state index is 0.273. The Morgan fingerprint density at radius 1 is 0.301 bits per heavy atom. The Morgan fingerprint density at radius 3 is 0.917 bits per heavy atom. The van der Waals surface area contributed by atoms with Gasteiger partial charge < -0.3 is 35.7 Å². The number of rotatable bonds is 25. The molecule has 10 aromatic heterocycles. The Bertz CT molecular complexity index is 5900. The maximum atomic E-state index is 14.0. The van der Waals surface area contributed by atoms with Crippen molar-refractivity contribution in [1.82, 2.24) is 98.7 Å². The molecule has 5 aliphatic rings. The fourth-order valence-electron chi connectivity index (χ4n) is 17.3. The molecule has 33 heteroatoms. The molecule has 5 saturated carbocycles. The highest BCUT2D eigenvalue weighted by molar-refractivity contribution is 6.31. The second-order valence-corrected chi connectivity index (χ2v) is 34.5. The smallest absolute Gasteiger partial charge is 0.183 e. The molecule has 5 fully saturated rings. The van der Waals surface area contributed by atoms with Gasteiger partial charge in [0, 0.05) is 77.4 Å². The maximum Gasteiger partial charge on any atom is 0.183 e. The Hall–Kier alpha value is -13.6. The third kappa shape index (κ3) is 25.0. The van der Waals surface area contributed by atoms with Crippen LogP contribution in [0.15, 0.2) is 240 Å². The molecule has 0 atom stereocenters. The van der Waals surface area contributed by atoms with Crippen LogP contribution in [-0.2, 0) is 0 Å². The second kappa shape index (κ2) is 46.5. The van der Waals surface area contributed by atoms with E-state index in [1.54, 1.807) is 178 Å². The van der Waals surface area contributed by atoms with Crippen LogP contribution in [0.25, 0.3) is 84.7 Å². The second-order valence-electron chi connectivity index (χ2n) is 34.2. The van der Waals surface area contributed by atoms with Crippen molar-refractivity contribution >= 4 is 17.3 Å². The van der Waals surface area contributed by atoms with E-state index in [0.29, 0.717) is 148 Å². The molecule has 0 saturated heterocycles. The number of ether oxygens (including phenoxy) is 4. The Morgan fingerprint density at radius 2 is 0.579 bits per heavy atom. The van der Waals surface area contributed by atoms with Crippen LogP contribution in [0, 0.1) is 58.7 Å². The highest BCUT2D eigenvalue weighted by Gasteiger charge is 2.27. The van der Waals surface area contributed by atoms with E-state index in [1.165, 1.54) is 182 Å². The fraction of sp³-hybridized carbons (Fsp3) is 0.350. The zero-order valence-corrected chi connectivity index (χ0v) is 74.6. The largest absolute Gasteiger partial charge is 0.489 e. The lowest BCUT2D eigenvalue weighted by molar-refractivity contribution is 0.200. The summed E-state index contributed by atoms with van der Waals surface area (Å²) in [6, 6.07) is 33.3. The van der Waals surface area contributed by atoms with Gasteiger partial charge >= 0.3 is 0 Å². The Balaban J connectivity index is 0.000000121. The molecule has 133 heavy (non-hydrogen) atoms. The minimum atomic E-state index is -0.346. The van der Waals surface area contributed by atoms with Gasteiger partial charge in [-0.15, -0.1) is 0 Å². The lowest BCUT2D eigenvalue weighted by Gasteiger charge is -2.26. The summed E-state index contributed by atoms with van der Waals surface area (Å²) in [6.07, 6.45) is 58.7. The van der Waals surface area contributed by atoms with Gasteiger partial charge in [0.05, 0.1) is 93.6 Å². The van der Waals surface area contributed by atoms with E-state index in [2.05, 4.69) is 80.6 Å². The molecule has 20 rings (SSSR count). The van der Waals surface area contributed by atoms with Crippen LogP contribution in [-0.4, -0.2) is 144 Å². The van der Waals surface area contributed by atoms with Crippen molar-refractivity contribution in [2.24, 2.45) is 41.1 Å². The van der Waals surface area contributed by atoms with Crippen LogP contribution < -0.4 is 35.7 Å². The molecule has 27 nitrogen and oxygen atoms in total. The minimum Gasteiger partial charge on any atom is -0.489 e. The summed E-state index contributed by atoms with van der Waals surface area (Å²) in [7, 11) is 0. The summed E-state index contributed by atoms with van der Waals surface area (Å²) >= 11 is 6.28. The summed E-state index contributed by atoms with van der Waals surface area (Å²) in [5.74, 6) is 3.52. The molecule has 0 spiro atoms. The van der Waals surface area contributed by atoms with Gasteiger partial charge in [-0.2, -0.15) is 25.5 Å². The first-order valence-electron chi connectivity index (χ1n) is 45.7. The van der Waals surface area contributed by atoms with Gasteiger partial charge in [0.2, 0.25) is 0 Å². The Labute approximate surface area is 773 Å². The molecule has 0 radical (unpaired) electrons. The molecule has 688 valence electrons. The van der Waals surface area contributed by atoms with Crippen molar-refractivity contribution in [2.75, 3.05) is 38.3 Å². The maximum absolute atomic E-state index is 14.0. The topological polar surface area (TPSA) is 319 Å². The van der Waals surface area contributed by atoms with E-state index >= 15 is 0 Å². The van der Waals surface area contributed by atoms with Gasteiger partial charge in [0.15, 0.2) is 28.2 Å². The van der Waals surface area contributed by atoms with Gasteiger partial charge in [-0.1, -0.05) is 130 Å². The number of nitrogens with two attached hydrogens (primary N) is 2. The van der Waals surface area contributed by atoms with E-state index in [9.17, 15) is 22.0 Å². The first-order chi connectivity index (χ1) is 65.2. The summed E-state index contributed by atoms with van der Waals surface area (Å²) in [6.45, 7) is 3.45. The average Bonchev–Trinajstić information content (AvgIpc) is 1.67. The molecule has 15 aromatic rings. The Kier molecular flexibility index (Phi) is 32.4. The SMILES string of the molecule is Fc1ccccc1-n1cc(-c2ncnc(Cl)c2OCC2CCCCC2)cn1.Fc1ccccc1-n1cc(-c2ncncc2NCC2CCCCC2)cn1.Fc1ccccc1-n1cc(-c2ncncc2OCC2CCCCC2)cn1.NC1CCC(COc2cncnc2-c2cnn(-c3ccccc3F)c2)CC1.NC1CCC(COc2cncnc2-c2cnn(-c3ccccc3F)c2)CC1. The molecule has 5 aliphatic carbocycles. The van der Waals surface area contributed by atoms with Crippen molar-refractivity contribution in [2.45, 2.75) is 160 Å². The van der Waals surface area contributed by atoms with E-state index in [4.69, 9.17) is 42.0 Å². The van der Waals surface area contributed by atoms with Gasteiger partial charge in [0.1, 0.15) is 112 Å². The molecule has 0 bridgehead atoms. The van der Waals surface area contributed by atoms with Crippen LogP contribution in [0.1, 0.15) is 148 Å². The van der Waals surface area contributed by atoms with Gasteiger partial charge in [-0.05, 0) is 180 Å². The van der Waals surface area contributed by atoms with Crippen molar-refractivity contribution in [1.29, 1.82) is 0 Å².